The highest BCUT2D eigenvalue weighted by atomic mass is 16.5. The fraction of sp³-hybridized carbons (Fsp3) is 0.250. The predicted octanol–water partition coefficient (Wildman–Crippen LogP) is 2.60. The second-order valence-electron chi connectivity index (χ2n) is 3.20. The molecule has 1 aromatic carbocycles. The summed E-state index contributed by atoms with van der Waals surface area (Å²) < 4.78 is 5.16. The van der Waals surface area contributed by atoms with Crippen LogP contribution in [0.4, 0.5) is 5.69 Å². The lowest BCUT2D eigenvalue weighted by Crippen LogP contribution is -2.10. The topological polar surface area (TPSA) is 38.3 Å². The Morgan fingerprint density at radius 3 is 2.73 bits per heavy atom. The molecule has 0 atom stereocenters. The number of hydrogen-bond donors (Lipinski definition) is 1. The molecule has 80 valence electrons. The minimum Gasteiger partial charge on any atom is -0.421 e. The van der Waals surface area contributed by atoms with E-state index in [1.807, 2.05) is 25.1 Å². The smallest absolute Gasteiger partial charge is 0.338 e. The van der Waals surface area contributed by atoms with Crippen LogP contribution in [0.5, 0.6) is 5.75 Å². The van der Waals surface area contributed by atoms with Crippen LogP contribution in [0.25, 0.3) is 0 Å². The van der Waals surface area contributed by atoms with Crippen LogP contribution in [-0.2, 0) is 4.79 Å². The summed E-state index contributed by atoms with van der Waals surface area (Å²) >= 11 is 0. The quantitative estimate of drug-likeness (QED) is 0.466. The van der Waals surface area contributed by atoms with Crippen molar-refractivity contribution in [1.82, 2.24) is 0 Å². The Balaban J connectivity index is 2.84. The Hall–Kier alpha value is -1.77. The third-order valence-corrected chi connectivity index (χ3v) is 1.81. The third-order valence-electron chi connectivity index (χ3n) is 1.81. The predicted molar refractivity (Wildman–Crippen MR) is 61.1 cm³/mol. The normalized spacial score (nSPS) is 9.47. The van der Waals surface area contributed by atoms with E-state index in [4.69, 9.17) is 4.74 Å². The molecule has 0 aromatic heterocycles. The molecule has 0 amide bonds. The van der Waals surface area contributed by atoms with Crippen molar-refractivity contribution in [3.05, 3.63) is 36.4 Å². The minimum atomic E-state index is -0.402. The van der Waals surface area contributed by atoms with Crippen molar-refractivity contribution in [3.8, 4) is 5.75 Å². The van der Waals surface area contributed by atoms with Gasteiger partial charge in [0.25, 0.3) is 0 Å². The van der Waals surface area contributed by atoms with Crippen LogP contribution in [0.2, 0.25) is 0 Å². The number of rotatable bonds is 4. The van der Waals surface area contributed by atoms with E-state index in [9.17, 15) is 4.79 Å². The van der Waals surface area contributed by atoms with E-state index in [1.165, 1.54) is 0 Å². The fourth-order valence-electron chi connectivity index (χ4n) is 1.08. The van der Waals surface area contributed by atoms with Gasteiger partial charge < -0.3 is 10.1 Å². The van der Waals surface area contributed by atoms with Gasteiger partial charge in [-0.3, -0.25) is 0 Å². The molecular formula is C12H15NO2. The molecule has 3 nitrogen and oxygen atoms in total. The average Bonchev–Trinajstić information content (AvgIpc) is 2.21. The van der Waals surface area contributed by atoms with Crippen LogP contribution < -0.4 is 10.1 Å². The number of carbonyl (C=O) groups is 1. The monoisotopic (exact) mass is 205 g/mol. The summed E-state index contributed by atoms with van der Waals surface area (Å²) in [6.45, 7) is 7.92. The number of hydrogen-bond acceptors (Lipinski definition) is 3. The lowest BCUT2D eigenvalue weighted by molar-refractivity contribution is -0.130. The van der Waals surface area contributed by atoms with Gasteiger partial charge in [-0.1, -0.05) is 18.7 Å². The number of ether oxygens (including phenoxy) is 1. The maximum absolute atomic E-state index is 11.3. The van der Waals surface area contributed by atoms with Crippen molar-refractivity contribution in [2.24, 2.45) is 0 Å². The van der Waals surface area contributed by atoms with Crippen LogP contribution in [0.3, 0.4) is 0 Å². The molecule has 0 heterocycles. The molecule has 0 saturated carbocycles. The van der Waals surface area contributed by atoms with E-state index >= 15 is 0 Å². The van der Waals surface area contributed by atoms with Gasteiger partial charge in [0.2, 0.25) is 0 Å². The highest BCUT2D eigenvalue weighted by molar-refractivity contribution is 5.89. The minimum absolute atomic E-state index is 0.390. The lowest BCUT2D eigenvalue weighted by atomic mass is 10.3. The number of benzene rings is 1. The number of para-hydroxylation sites is 2. The van der Waals surface area contributed by atoms with Crippen LogP contribution in [0.1, 0.15) is 13.8 Å². The highest BCUT2D eigenvalue weighted by Crippen LogP contribution is 2.23. The fourth-order valence-corrected chi connectivity index (χ4v) is 1.08. The molecule has 1 N–H and O–H groups in total. The zero-order chi connectivity index (χ0) is 11.3. The lowest BCUT2D eigenvalue weighted by Gasteiger charge is -2.10. The number of carbonyl (C=O) groups excluding carboxylic acids is 1. The Labute approximate surface area is 89.8 Å². The summed E-state index contributed by atoms with van der Waals surface area (Å²) in [5.74, 6) is 0.132. The summed E-state index contributed by atoms with van der Waals surface area (Å²) in [7, 11) is 0. The van der Waals surface area contributed by atoms with Crippen LogP contribution in [0.15, 0.2) is 36.4 Å². The molecule has 3 heteroatoms. The summed E-state index contributed by atoms with van der Waals surface area (Å²) in [4.78, 5) is 11.3. The van der Waals surface area contributed by atoms with Gasteiger partial charge in [-0.2, -0.15) is 0 Å². The van der Waals surface area contributed by atoms with Crippen molar-refractivity contribution >= 4 is 11.7 Å². The first kappa shape index (κ1) is 11.3. The van der Waals surface area contributed by atoms with E-state index in [1.54, 1.807) is 13.0 Å². The van der Waals surface area contributed by atoms with Gasteiger partial charge in [-0.25, -0.2) is 4.79 Å². The molecule has 0 unspecified atom stereocenters. The standard InChI is InChI=1S/C12H15NO2/c1-4-13-10-7-5-6-8-11(10)15-12(14)9(2)3/h5-8,13H,2,4H2,1,3H3. The second-order valence-corrected chi connectivity index (χ2v) is 3.20. The van der Waals surface area contributed by atoms with E-state index in [-0.39, 0.29) is 0 Å². The average molecular weight is 205 g/mol. The third kappa shape index (κ3) is 3.13. The number of nitrogens with one attached hydrogen (secondary N) is 1. The maximum atomic E-state index is 11.3. The molecule has 0 bridgehead atoms. The van der Waals surface area contributed by atoms with E-state index in [2.05, 4.69) is 11.9 Å². The Kier molecular flexibility index (Phi) is 3.92. The molecule has 0 aliphatic rings. The van der Waals surface area contributed by atoms with Gasteiger partial charge in [-0.15, -0.1) is 0 Å². The number of anilines is 1. The summed E-state index contributed by atoms with van der Waals surface area (Å²) in [6, 6.07) is 7.32. The summed E-state index contributed by atoms with van der Waals surface area (Å²) in [6.07, 6.45) is 0. The van der Waals surface area contributed by atoms with Gasteiger partial charge in [0.05, 0.1) is 5.69 Å². The zero-order valence-electron chi connectivity index (χ0n) is 9.04. The van der Waals surface area contributed by atoms with Crippen molar-refractivity contribution in [2.75, 3.05) is 11.9 Å². The number of esters is 1. The highest BCUT2D eigenvalue weighted by Gasteiger charge is 2.08. The Morgan fingerprint density at radius 1 is 1.47 bits per heavy atom. The van der Waals surface area contributed by atoms with Gasteiger partial charge in [0.1, 0.15) is 0 Å². The molecule has 0 aliphatic heterocycles. The zero-order valence-corrected chi connectivity index (χ0v) is 9.04. The van der Waals surface area contributed by atoms with Crippen LogP contribution in [0, 0.1) is 0 Å². The molecule has 1 aromatic rings. The largest absolute Gasteiger partial charge is 0.421 e. The van der Waals surface area contributed by atoms with Crippen LogP contribution in [-0.4, -0.2) is 12.5 Å². The molecule has 15 heavy (non-hydrogen) atoms. The maximum Gasteiger partial charge on any atom is 0.338 e. The second kappa shape index (κ2) is 5.20. The summed E-state index contributed by atoms with van der Waals surface area (Å²) in [5, 5.41) is 3.11. The molecule has 0 saturated heterocycles. The van der Waals surface area contributed by atoms with Crippen molar-refractivity contribution in [3.63, 3.8) is 0 Å². The molecular weight excluding hydrogens is 190 g/mol. The van der Waals surface area contributed by atoms with Gasteiger partial charge in [0, 0.05) is 12.1 Å². The molecule has 0 fully saturated rings. The first-order valence-corrected chi connectivity index (χ1v) is 4.85. The van der Waals surface area contributed by atoms with Gasteiger partial charge in [-0.05, 0) is 26.0 Å². The molecule has 0 aliphatic carbocycles. The van der Waals surface area contributed by atoms with E-state index < -0.39 is 5.97 Å². The van der Waals surface area contributed by atoms with Crippen LogP contribution >= 0.6 is 0 Å². The first-order chi connectivity index (χ1) is 7.15. The van der Waals surface area contributed by atoms with Crippen molar-refractivity contribution < 1.29 is 9.53 Å². The Bertz CT molecular complexity index is 372. The first-order valence-electron chi connectivity index (χ1n) is 4.85. The molecule has 0 radical (unpaired) electrons. The van der Waals surface area contributed by atoms with Crippen molar-refractivity contribution in [1.29, 1.82) is 0 Å². The van der Waals surface area contributed by atoms with E-state index in [0.29, 0.717) is 11.3 Å². The van der Waals surface area contributed by atoms with Gasteiger partial charge in [0.15, 0.2) is 5.75 Å². The molecule has 0 spiro atoms. The summed E-state index contributed by atoms with van der Waals surface area (Å²) in [5.41, 5.74) is 1.20. The van der Waals surface area contributed by atoms with E-state index in [0.717, 1.165) is 12.2 Å². The molecule has 1 rings (SSSR count). The van der Waals surface area contributed by atoms with Gasteiger partial charge >= 0.3 is 5.97 Å². The Morgan fingerprint density at radius 2 is 2.13 bits per heavy atom. The SMILES string of the molecule is C=C(C)C(=O)Oc1ccccc1NCC. The van der Waals surface area contributed by atoms with Crippen molar-refractivity contribution in [2.45, 2.75) is 13.8 Å².